The number of carbonyl (C=O) groups is 2. The van der Waals surface area contributed by atoms with E-state index in [1.165, 1.54) is 0 Å². The number of amides is 2. The first-order valence-corrected chi connectivity index (χ1v) is 7.29. The molecule has 6 nitrogen and oxygen atoms in total. The fraction of sp³-hybridized carbons (Fsp3) is 0.500. The largest absolute Gasteiger partial charge is 0.444 e. The Labute approximate surface area is 131 Å². The van der Waals surface area contributed by atoms with Crippen molar-refractivity contribution in [2.45, 2.75) is 46.3 Å². The minimum Gasteiger partial charge on any atom is -0.444 e. The molecule has 0 aliphatic rings. The fourth-order valence-corrected chi connectivity index (χ4v) is 1.70. The van der Waals surface area contributed by atoms with Crippen molar-refractivity contribution >= 4 is 17.7 Å². The summed E-state index contributed by atoms with van der Waals surface area (Å²) in [5.41, 5.74) is 5.55. The Morgan fingerprint density at radius 3 is 2.18 bits per heavy atom. The second kappa shape index (κ2) is 7.68. The molecule has 0 saturated heterocycles. The lowest BCUT2D eigenvalue weighted by atomic mass is 10.0. The van der Waals surface area contributed by atoms with Gasteiger partial charge in [-0.1, -0.05) is 32.0 Å². The molecule has 1 rings (SSSR count). The molecule has 0 radical (unpaired) electrons. The summed E-state index contributed by atoms with van der Waals surface area (Å²) in [5, 5.41) is 2.60. The Kier molecular flexibility index (Phi) is 6.22. The van der Waals surface area contributed by atoms with Crippen LogP contribution in [0, 0.1) is 5.92 Å². The number of hydrogen-bond donors (Lipinski definition) is 3. The van der Waals surface area contributed by atoms with E-state index in [9.17, 15) is 9.59 Å². The van der Waals surface area contributed by atoms with Crippen LogP contribution in [0.2, 0.25) is 0 Å². The van der Waals surface area contributed by atoms with Crippen LogP contribution in [-0.4, -0.2) is 23.6 Å². The fourth-order valence-electron chi connectivity index (χ4n) is 1.70. The summed E-state index contributed by atoms with van der Waals surface area (Å²) >= 11 is 0. The highest BCUT2D eigenvalue weighted by Crippen LogP contribution is 2.09. The zero-order valence-electron chi connectivity index (χ0n) is 13.8. The van der Waals surface area contributed by atoms with E-state index in [0.29, 0.717) is 0 Å². The van der Waals surface area contributed by atoms with Gasteiger partial charge in [0.2, 0.25) is 0 Å². The third-order valence-corrected chi connectivity index (χ3v) is 2.73. The third kappa shape index (κ3) is 6.47. The molecule has 0 aliphatic carbocycles. The maximum atomic E-state index is 12.2. The molecule has 0 saturated carbocycles. The second-order valence-electron chi connectivity index (χ2n) is 6.35. The van der Waals surface area contributed by atoms with Crippen molar-refractivity contribution in [3.05, 3.63) is 30.3 Å². The number of nitrogens with one attached hydrogen (secondary N) is 3. The molecular weight excluding hydrogens is 282 g/mol. The average Bonchev–Trinajstić information content (AvgIpc) is 2.41. The normalized spacial score (nSPS) is 12.5. The Morgan fingerprint density at radius 2 is 1.68 bits per heavy atom. The van der Waals surface area contributed by atoms with Crippen LogP contribution in [0.25, 0.3) is 0 Å². The summed E-state index contributed by atoms with van der Waals surface area (Å²) in [6, 6.07) is 8.55. The van der Waals surface area contributed by atoms with Crippen molar-refractivity contribution in [1.29, 1.82) is 0 Å². The minimum absolute atomic E-state index is 0.0786. The number of hydrazine groups is 1. The van der Waals surface area contributed by atoms with E-state index in [1.54, 1.807) is 20.8 Å². The van der Waals surface area contributed by atoms with Crippen LogP contribution in [0.5, 0.6) is 0 Å². The average molecular weight is 307 g/mol. The van der Waals surface area contributed by atoms with Gasteiger partial charge in [-0.3, -0.25) is 15.6 Å². The smallest absolute Gasteiger partial charge is 0.408 e. The van der Waals surface area contributed by atoms with Gasteiger partial charge in [0, 0.05) is 0 Å². The van der Waals surface area contributed by atoms with Gasteiger partial charge in [0.1, 0.15) is 11.6 Å². The van der Waals surface area contributed by atoms with E-state index in [0.717, 1.165) is 5.69 Å². The molecule has 22 heavy (non-hydrogen) atoms. The van der Waals surface area contributed by atoms with Crippen molar-refractivity contribution in [2.24, 2.45) is 5.92 Å². The molecule has 0 aromatic heterocycles. The Balaban J connectivity index is 2.58. The number of ether oxygens (including phenoxy) is 1. The van der Waals surface area contributed by atoms with Crippen molar-refractivity contribution in [2.75, 3.05) is 5.43 Å². The van der Waals surface area contributed by atoms with Crippen molar-refractivity contribution in [3.8, 4) is 0 Å². The summed E-state index contributed by atoms with van der Waals surface area (Å²) in [5.74, 6) is -0.408. The SMILES string of the molecule is CC(C)[C@H](NC(=O)OC(C)(C)C)C(=O)NNc1ccccc1. The van der Waals surface area contributed by atoms with Gasteiger partial charge < -0.3 is 10.1 Å². The van der Waals surface area contributed by atoms with Crippen LogP contribution < -0.4 is 16.2 Å². The minimum atomic E-state index is -0.689. The highest BCUT2D eigenvalue weighted by Gasteiger charge is 2.26. The van der Waals surface area contributed by atoms with Crippen LogP contribution in [0.3, 0.4) is 0 Å². The summed E-state index contributed by atoms with van der Waals surface area (Å²) in [6.07, 6.45) is -0.610. The molecule has 1 aromatic rings. The highest BCUT2D eigenvalue weighted by atomic mass is 16.6. The first kappa shape index (κ1) is 17.8. The summed E-state index contributed by atoms with van der Waals surface area (Å²) in [6.45, 7) is 9.02. The third-order valence-electron chi connectivity index (χ3n) is 2.73. The predicted molar refractivity (Wildman–Crippen MR) is 86.2 cm³/mol. The Hall–Kier alpha value is -2.24. The summed E-state index contributed by atoms with van der Waals surface area (Å²) in [4.78, 5) is 24.0. The molecule has 3 N–H and O–H groups in total. The van der Waals surface area contributed by atoms with Crippen molar-refractivity contribution in [3.63, 3.8) is 0 Å². The number of rotatable bonds is 5. The van der Waals surface area contributed by atoms with Crippen molar-refractivity contribution < 1.29 is 14.3 Å². The number of para-hydroxylation sites is 1. The summed E-state index contributed by atoms with van der Waals surface area (Å²) in [7, 11) is 0. The lowest BCUT2D eigenvalue weighted by Crippen LogP contribution is -2.52. The van der Waals surface area contributed by atoms with Crippen molar-refractivity contribution in [1.82, 2.24) is 10.7 Å². The van der Waals surface area contributed by atoms with Crippen LogP contribution in [-0.2, 0) is 9.53 Å². The molecule has 0 bridgehead atoms. The second-order valence-corrected chi connectivity index (χ2v) is 6.35. The summed E-state index contributed by atoms with van der Waals surface area (Å²) < 4.78 is 5.18. The Morgan fingerprint density at radius 1 is 1.09 bits per heavy atom. The van der Waals surface area contributed by atoms with Gasteiger partial charge in [0.05, 0.1) is 5.69 Å². The van der Waals surface area contributed by atoms with Gasteiger partial charge >= 0.3 is 6.09 Å². The maximum absolute atomic E-state index is 12.2. The molecule has 0 aliphatic heterocycles. The molecule has 0 fully saturated rings. The van der Waals surface area contributed by atoms with Gasteiger partial charge in [0.25, 0.3) is 5.91 Å². The molecule has 122 valence electrons. The van der Waals surface area contributed by atoms with E-state index < -0.39 is 17.7 Å². The van der Waals surface area contributed by atoms with E-state index >= 15 is 0 Å². The maximum Gasteiger partial charge on any atom is 0.408 e. The molecule has 1 atom stereocenters. The molecule has 0 spiro atoms. The van der Waals surface area contributed by atoms with Gasteiger partial charge in [0.15, 0.2) is 0 Å². The number of hydrogen-bond acceptors (Lipinski definition) is 4. The van der Waals surface area contributed by atoms with E-state index in [2.05, 4.69) is 16.2 Å². The number of carbonyl (C=O) groups excluding carboxylic acids is 2. The molecule has 2 amide bonds. The van der Waals surface area contributed by atoms with Gasteiger partial charge in [-0.2, -0.15) is 0 Å². The zero-order valence-corrected chi connectivity index (χ0v) is 13.8. The van der Waals surface area contributed by atoms with Crippen LogP contribution in [0.15, 0.2) is 30.3 Å². The molecule has 0 unspecified atom stereocenters. The van der Waals surface area contributed by atoms with E-state index in [4.69, 9.17) is 4.74 Å². The molecule has 6 heteroatoms. The standard InChI is InChI=1S/C16H25N3O3/c1-11(2)13(17-15(21)22-16(3,4)5)14(20)19-18-12-9-7-6-8-10-12/h6-11,13,18H,1-5H3,(H,17,21)(H,19,20)/t13-/m0/s1. The highest BCUT2D eigenvalue weighted by molar-refractivity contribution is 5.86. The van der Waals surface area contributed by atoms with Crippen LogP contribution in [0.1, 0.15) is 34.6 Å². The molecular formula is C16H25N3O3. The lowest BCUT2D eigenvalue weighted by Gasteiger charge is -2.25. The van der Waals surface area contributed by atoms with Crippen LogP contribution >= 0.6 is 0 Å². The topological polar surface area (TPSA) is 79.5 Å². The van der Waals surface area contributed by atoms with Crippen LogP contribution in [0.4, 0.5) is 10.5 Å². The Bertz CT molecular complexity index is 495. The zero-order chi connectivity index (χ0) is 16.8. The van der Waals surface area contributed by atoms with E-state index in [1.807, 2.05) is 44.2 Å². The number of anilines is 1. The number of benzene rings is 1. The first-order chi connectivity index (χ1) is 10.2. The monoisotopic (exact) mass is 307 g/mol. The predicted octanol–water partition coefficient (Wildman–Crippen LogP) is 2.68. The molecule has 0 heterocycles. The van der Waals surface area contributed by atoms with Gasteiger partial charge in [-0.25, -0.2) is 4.79 Å². The first-order valence-electron chi connectivity index (χ1n) is 7.29. The van der Waals surface area contributed by atoms with Gasteiger partial charge in [-0.05, 0) is 38.8 Å². The quantitative estimate of drug-likeness (QED) is 0.731. The molecule has 1 aromatic carbocycles. The number of alkyl carbamates (subject to hydrolysis) is 1. The van der Waals surface area contributed by atoms with E-state index in [-0.39, 0.29) is 11.8 Å². The van der Waals surface area contributed by atoms with Gasteiger partial charge in [-0.15, -0.1) is 0 Å². The lowest BCUT2D eigenvalue weighted by molar-refractivity contribution is -0.123.